The van der Waals surface area contributed by atoms with Gasteiger partial charge in [0.05, 0.1) is 0 Å². The summed E-state index contributed by atoms with van der Waals surface area (Å²) in [7, 11) is 0. The average Bonchev–Trinajstić information content (AvgIpc) is 2.93. The Bertz CT molecular complexity index is 649. The summed E-state index contributed by atoms with van der Waals surface area (Å²) < 4.78 is 5.95. The summed E-state index contributed by atoms with van der Waals surface area (Å²) in [6, 6.07) is 0. The minimum Gasteiger partial charge on any atom is -0.481 e. The lowest BCUT2D eigenvalue weighted by molar-refractivity contribution is -0.150. The molecule has 232 valence electrons. The number of carbonyl (C=O) groups excluding carboxylic acids is 1. The lowest BCUT2D eigenvalue weighted by Gasteiger charge is -2.18. The lowest BCUT2D eigenvalue weighted by atomic mass is 10.0. The van der Waals surface area contributed by atoms with Crippen molar-refractivity contribution in [3.8, 4) is 0 Å². The standard InChI is InChI=1S/C36H64O4/c1-3-5-7-9-11-12-13-14-15-16-17-18-19-25-29-33-36(39)40-34(30-26-22-10-8-6-4-2)31-27-23-20-21-24-28-32-35(37)38/h5,7,11-12,14-15,34H,3-4,6,8-10,13,16-33H2,1-2H3,(H,37,38)/b7-5-,12-11-,15-14-. The molecule has 0 fully saturated rings. The molecular weight excluding hydrogens is 496 g/mol. The molecule has 0 aromatic carbocycles. The maximum absolute atomic E-state index is 12.5. The number of allylic oxidation sites excluding steroid dienone is 6. The highest BCUT2D eigenvalue weighted by Gasteiger charge is 2.14. The van der Waals surface area contributed by atoms with E-state index in [0.717, 1.165) is 96.3 Å². The van der Waals surface area contributed by atoms with Crippen molar-refractivity contribution in [3.05, 3.63) is 36.5 Å². The molecule has 0 heterocycles. The van der Waals surface area contributed by atoms with Crippen LogP contribution in [0.5, 0.6) is 0 Å². The van der Waals surface area contributed by atoms with Gasteiger partial charge in [-0.3, -0.25) is 9.59 Å². The van der Waals surface area contributed by atoms with Gasteiger partial charge in [-0.2, -0.15) is 0 Å². The second-order valence-corrected chi connectivity index (χ2v) is 11.3. The molecule has 1 N–H and O–H groups in total. The first-order chi connectivity index (χ1) is 19.6. The number of aliphatic carboxylic acids is 1. The van der Waals surface area contributed by atoms with Gasteiger partial charge in [-0.15, -0.1) is 0 Å². The van der Waals surface area contributed by atoms with Crippen molar-refractivity contribution in [1.29, 1.82) is 0 Å². The van der Waals surface area contributed by atoms with E-state index < -0.39 is 5.97 Å². The summed E-state index contributed by atoms with van der Waals surface area (Å²) in [5, 5.41) is 8.74. The smallest absolute Gasteiger partial charge is 0.306 e. The zero-order valence-electron chi connectivity index (χ0n) is 26.4. The van der Waals surface area contributed by atoms with Gasteiger partial charge in [0.1, 0.15) is 6.10 Å². The number of esters is 1. The Labute approximate surface area is 248 Å². The molecule has 0 radical (unpaired) electrons. The van der Waals surface area contributed by atoms with Gasteiger partial charge in [0.15, 0.2) is 0 Å². The molecule has 0 aromatic rings. The first-order valence-corrected chi connectivity index (χ1v) is 17.0. The molecule has 0 rings (SSSR count). The van der Waals surface area contributed by atoms with Gasteiger partial charge in [-0.1, -0.05) is 127 Å². The summed E-state index contributed by atoms with van der Waals surface area (Å²) in [6.07, 6.45) is 40.1. The molecule has 0 spiro atoms. The van der Waals surface area contributed by atoms with E-state index in [1.807, 2.05) is 0 Å². The van der Waals surface area contributed by atoms with Crippen molar-refractivity contribution in [2.45, 2.75) is 180 Å². The maximum Gasteiger partial charge on any atom is 0.306 e. The second-order valence-electron chi connectivity index (χ2n) is 11.3. The van der Waals surface area contributed by atoms with E-state index in [2.05, 4.69) is 50.3 Å². The Morgan fingerprint density at radius 2 is 1.05 bits per heavy atom. The summed E-state index contributed by atoms with van der Waals surface area (Å²) in [5.74, 6) is -0.705. The van der Waals surface area contributed by atoms with Crippen LogP contribution in [0.4, 0.5) is 0 Å². The van der Waals surface area contributed by atoms with Crippen molar-refractivity contribution in [2.75, 3.05) is 0 Å². The van der Waals surface area contributed by atoms with Crippen LogP contribution in [-0.4, -0.2) is 23.1 Å². The van der Waals surface area contributed by atoms with E-state index in [9.17, 15) is 9.59 Å². The minimum atomic E-state index is -0.697. The summed E-state index contributed by atoms with van der Waals surface area (Å²) >= 11 is 0. The number of ether oxygens (including phenoxy) is 1. The number of unbranched alkanes of at least 4 members (excludes halogenated alkanes) is 15. The summed E-state index contributed by atoms with van der Waals surface area (Å²) in [5.41, 5.74) is 0. The van der Waals surface area contributed by atoms with Crippen LogP contribution in [-0.2, 0) is 14.3 Å². The Hall–Kier alpha value is -1.84. The van der Waals surface area contributed by atoms with E-state index in [-0.39, 0.29) is 18.5 Å². The quantitative estimate of drug-likeness (QED) is 0.0539. The molecular formula is C36H64O4. The van der Waals surface area contributed by atoms with Crippen LogP contribution in [0, 0.1) is 0 Å². The number of carboxylic acids is 1. The van der Waals surface area contributed by atoms with Crippen LogP contribution in [0.25, 0.3) is 0 Å². The number of hydrogen-bond acceptors (Lipinski definition) is 3. The number of hydrogen-bond donors (Lipinski definition) is 1. The molecule has 40 heavy (non-hydrogen) atoms. The highest BCUT2D eigenvalue weighted by atomic mass is 16.5. The Kier molecular flexibility index (Phi) is 30.2. The van der Waals surface area contributed by atoms with Gasteiger partial charge in [0, 0.05) is 12.8 Å². The third kappa shape index (κ3) is 30.7. The number of carboxylic acid groups (broad SMARTS) is 1. The van der Waals surface area contributed by atoms with Crippen LogP contribution >= 0.6 is 0 Å². The SMILES string of the molecule is CC/C=C\C/C=C\C/C=C\CCCCCCCC(=O)OC(CCCCCCCC)CCCCCCCCC(=O)O. The van der Waals surface area contributed by atoms with Crippen LogP contribution in [0.15, 0.2) is 36.5 Å². The molecule has 0 amide bonds. The maximum atomic E-state index is 12.5. The summed E-state index contributed by atoms with van der Waals surface area (Å²) in [6.45, 7) is 4.40. The monoisotopic (exact) mass is 560 g/mol. The average molecular weight is 561 g/mol. The molecule has 4 nitrogen and oxygen atoms in total. The van der Waals surface area contributed by atoms with E-state index in [4.69, 9.17) is 9.84 Å². The van der Waals surface area contributed by atoms with E-state index in [1.165, 1.54) is 51.4 Å². The van der Waals surface area contributed by atoms with Gasteiger partial charge < -0.3 is 9.84 Å². The third-order valence-electron chi connectivity index (χ3n) is 7.38. The molecule has 0 aliphatic rings. The van der Waals surface area contributed by atoms with E-state index in [0.29, 0.717) is 6.42 Å². The Balaban J connectivity index is 3.99. The second kappa shape index (κ2) is 31.7. The van der Waals surface area contributed by atoms with Crippen LogP contribution in [0.3, 0.4) is 0 Å². The minimum absolute atomic E-state index is 0.00849. The summed E-state index contributed by atoms with van der Waals surface area (Å²) in [4.78, 5) is 23.1. The van der Waals surface area contributed by atoms with E-state index >= 15 is 0 Å². The van der Waals surface area contributed by atoms with Gasteiger partial charge in [-0.25, -0.2) is 0 Å². The number of carbonyl (C=O) groups is 2. The number of rotatable bonds is 30. The molecule has 0 saturated carbocycles. The molecule has 0 aliphatic carbocycles. The molecule has 0 aromatic heterocycles. The van der Waals surface area contributed by atoms with Crippen molar-refractivity contribution < 1.29 is 19.4 Å². The first kappa shape index (κ1) is 38.2. The molecule has 0 bridgehead atoms. The van der Waals surface area contributed by atoms with Crippen LogP contribution in [0.1, 0.15) is 174 Å². The molecule has 4 heteroatoms. The first-order valence-electron chi connectivity index (χ1n) is 17.0. The zero-order valence-corrected chi connectivity index (χ0v) is 26.4. The van der Waals surface area contributed by atoms with Gasteiger partial charge in [0.2, 0.25) is 0 Å². The topological polar surface area (TPSA) is 63.6 Å². The fourth-order valence-corrected chi connectivity index (χ4v) is 4.90. The van der Waals surface area contributed by atoms with Crippen LogP contribution in [0.2, 0.25) is 0 Å². The van der Waals surface area contributed by atoms with E-state index in [1.54, 1.807) is 0 Å². The third-order valence-corrected chi connectivity index (χ3v) is 7.38. The van der Waals surface area contributed by atoms with Crippen molar-refractivity contribution >= 4 is 11.9 Å². The highest BCUT2D eigenvalue weighted by Crippen LogP contribution is 2.18. The predicted molar refractivity (Wildman–Crippen MR) is 172 cm³/mol. The van der Waals surface area contributed by atoms with Crippen molar-refractivity contribution in [1.82, 2.24) is 0 Å². The fourth-order valence-electron chi connectivity index (χ4n) is 4.90. The van der Waals surface area contributed by atoms with Crippen molar-refractivity contribution in [3.63, 3.8) is 0 Å². The largest absolute Gasteiger partial charge is 0.481 e. The van der Waals surface area contributed by atoms with Crippen LogP contribution < -0.4 is 0 Å². The van der Waals surface area contributed by atoms with Gasteiger partial charge in [0.25, 0.3) is 0 Å². The molecule has 1 atom stereocenters. The van der Waals surface area contributed by atoms with Crippen molar-refractivity contribution in [2.24, 2.45) is 0 Å². The Morgan fingerprint density at radius 3 is 1.62 bits per heavy atom. The van der Waals surface area contributed by atoms with Gasteiger partial charge in [-0.05, 0) is 70.6 Å². The Morgan fingerprint density at radius 1 is 0.575 bits per heavy atom. The molecule has 0 saturated heterocycles. The fraction of sp³-hybridized carbons (Fsp3) is 0.778. The zero-order chi connectivity index (χ0) is 29.4. The normalized spacial score (nSPS) is 12.7. The highest BCUT2D eigenvalue weighted by molar-refractivity contribution is 5.69. The molecule has 0 aliphatic heterocycles. The van der Waals surface area contributed by atoms with Gasteiger partial charge >= 0.3 is 11.9 Å². The lowest BCUT2D eigenvalue weighted by Crippen LogP contribution is -2.18. The predicted octanol–water partition coefficient (Wildman–Crippen LogP) is 11.4. The molecule has 1 unspecified atom stereocenters.